The molecule has 0 amide bonds. The highest BCUT2D eigenvalue weighted by molar-refractivity contribution is 5.32. The van der Waals surface area contributed by atoms with Gasteiger partial charge < -0.3 is 15.1 Å². The Balaban J connectivity index is 2.09. The first-order valence-electron chi connectivity index (χ1n) is 4.67. The summed E-state index contributed by atoms with van der Waals surface area (Å²) in [5.74, 6) is 0.699. The highest BCUT2D eigenvalue weighted by Crippen LogP contribution is 2.16. The fourth-order valence-electron chi connectivity index (χ4n) is 1.29. The van der Waals surface area contributed by atoms with Gasteiger partial charge in [0.05, 0.1) is 6.61 Å². The standard InChI is InChI=1S/C9H13N3O2/c13-6-8(14)7-4-10-9(11-5-7)12-2-1-3-12/h4-5,8,13-14H,1-3,6H2. The van der Waals surface area contributed by atoms with Gasteiger partial charge in [-0.2, -0.15) is 0 Å². The Kier molecular flexibility index (Phi) is 2.60. The van der Waals surface area contributed by atoms with Crippen LogP contribution in [0.3, 0.4) is 0 Å². The van der Waals surface area contributed by atoms with E-state index in [2.05, 4.69) is 14.9 Å². The molecule has 14 heavy (non-hydrogen) atoms. The van der Waals surface area contributed by atoms with Crippen LogP contribution in [0.1, 0.15) is 18.1 Å². The summed E-state index contributed by atoms with van der Waals surface area (Å²) in [4.78, 5) is 10.3. The van der Waals surface area contributed by atoms with E-state index in [1.54, 1.807) is 12.4 Å². The molecule has 1 unspecified atom stereocenters. The minimum absolute atomic E-state index is 0.299. The summed E-state index contributed by atoms with van der Waals surface area (Å²) < 4.78 is 0. The maximum Gasteiger partial charge on any atom is 0.225 e. The number of nitrogens with zero attached hydrogens (tertiary/aromatic N) is 3. The van der Waals surface area contributed by atoms with E-state index in [1.807, 2.05) is 0 Å². The maximum atomic E-state index is 9.29. The molecule has 0 bridgehead atoms. The fraction of sp³-hybridized carbons (Fsp3) is 0.556. The average molecular weight is 195 g/mol. The Bertz CT molecular complexity index is 274. The Morgan fingerprint density at radius 2 is 2.00 bits per heavy atom. The van der Waals surface area contributed by atoms with E-state index in [0.29, 0.717) is 11.5 Å². The van der Waals surface area contributed by atoms with Crippen LogP contribution in [0.25, 0.3) is 0 Å². The van der Waals surface area contributed by atoms with Crippen molar-refractivity contribution in [2.75, 3.05) is 24.6 Å². The first-order valence-corrected chi connectivity index (χ1v) is 4.67. The molecule has 1 saturated heterocycles. The molecule has 2 N–H and O–H groups in total. The smallest absolute Gasteiger partial charge is 0.225 e. The van der Waals surface area contributed by atoms with Crippen molar-refractivity contribution in [3.8, 4) is 0 Å². The molecule has 0 spiro atoms. The van der Waals surface area contributed by atoms with Crippen molar-refractivity contribution in [2.24, 2.45) is 0 Å². The number of aliphatic hydroxyl groups excluding tert-OH is 2. The zero-order chi connectivity index (χ0) is 9.97. The lowest BCUT2D eigenvalue weighted by molar-refractivity contribution is 0.0950. The summed E-state index contributed by atoms with van der Waals surface area (Å²) in [6.45, 7) is 1.70. The number of hydrogen-bond donors (Lipinski definition) is 2. The maximum absolute atomic E-state index is 9.29. The van der Waals surface area contributed by atoms with Crippen LogP contribution >= 0.6 is 0 Å². The Morgan fingerprint density at radius 3 is 2.43 bits per heavy atom. The first-order chi connectivity index (χ1) is 6.81. The second-order valence-corrected chi connectivity index (χ2v) is 3.36. The van der Waals surface area contributed by atoms with Gasteiger partial charge in [-0.15, -0.1) is 0 Å². The highest BCUT2D eigenvalue weighted by Gasteiger charge is 2.17. The molecular weight excluding hydrogens is 182 g/mol. The Labute approximate surface area is 82.0 Å². The molecule has 0 radical (unpaired) electrons. The van der Waals surface area contributed by atoms with Gasteiger partial charge in [0.15, 0.2) is 0 Å². The van der Waals surface area contributed by atoms with Crippen LogP contribution in [0.5, 0.6) is 0 Å². The third-order valence-electron chi connectivity index (χ3n) is 2.35. The van der Waals surface area contributed by atoms with Gasteiger partial charge in [-0.3, -0.25) is 0 Å². The molecule has 1 aliphatic heterocycles. The van der Waals surface area contributed by atoms with E-state index in [0.717, 1.165) is 13.1 Å². The van der Waals surface area contributed by atoms with E-state index in [4.69, 9.17) is 5.11 Å². The van der Waals surface area contributed by atoms with Crippen LogP contribution in [0.4, 0.5) is 5.95 Å². The highest BCUT2D eigenvalue weighted by atomic mass is 16.3. The molecule has 0 saturated carbocycles. The number of anilines is 1. The van der Waals surface area contributed by atoms with Gasteiger partial charge >= 0.3 is 0 Å². The fourth-order valence-corrected chi connectivity index (χ4v) is 1.29. The molecule has 1 aliphatic rings. The third-order valence-corrected chi connectivity index (χ3v) is 2.35. The molecular formula is C9H13N3O2. The second kappa shape index (κ2) is 3.89. The molecule has 0 aromatic carbocycles. The van der Waals surface area contributed by atoms with Gasteiger partial charge in [0, 0.05) is 31.0 Å². The van der Waals surface area contributed by atoms with Gasteiger partial charge in [-0.05, 0) is 6.42 Å². The molecule has 2 rings (SSSR count). The van der Waals surface area contributed by atoms with E-state index in [9.17, 15) is 5.11 Å². The number of hydrogen-bond acceptors (Lipinski definition) is 5. The predicted octanol–water partition coefficient (Wildman–Crippen LogP) is -0.288. The van der Waals surface area contributed by atoms with Gasteiger partial charge in [0.25, 0.3) is 0 Å². The van der Waals surface area contributed by atoms with Crippen LogP contribution in [-0.2, 0) is 0 Å². The predicted molar refractivity (Wildman–Crippen MR) is 50.9 cm³/mol. The lowest BCUT2D eigenvalue weighted by atomic mass is 10.2. The van der Waals surface area contributed by atoms with Crippen LogP contribution in [0.2, 0.25) is 0 Å². The topological polar surface area (TPSA) is 69.5 Å². The second-order valence-electron chi connectivity index (χ2n) is 3.36. The number of rotatable bonds is 3. The van der Waals surface area contributed by atoms with E-state index >= 15 is 0 Å². The van der Waals surface area contributed by atoms with E-state index in [-0.39, 0.29) is 6.61 Å². The Hall–Kier alpha value is -1.20. The average Bonchev–Trinajstić information content (AvgIpc) is 2.15. The molecule has 1 aromatic rings. The van der Waals surface area contributed by atoms with E-state index < -0.39 is 6.10 Å². The van der Waals surface area contributed by atoms with Crippen molar-refractivity contribution in [2.45, 2.75) is 12.5 Å². The molecule has 2 heterocycles. The van der Waals surface area contributed by atoms with Crippen LogP contribution in [0.15, 0.2) is 12.4 Å². The van der Waals surface area contributed by atoms with Gasteiger partial charge in [0.2, 0.25) is 5.95 Å². The first kappa shape index (κ1) is 9.36. The molecule has 5 heteroatoms. The monoisotopic (exact) mass is 195 g/mol. The quantitative estimate of drug-likeness (QED) is 0.693. The zero-order valence-corrected chi connectivity index (χ0v) is 7.80. The van der Waals surface area contributed by atoms with Crippen LogP contribution in [0, 0.1) is 0 Å². The summed E-state index contributed by atoms with van der Waals surface area (Å²) in [6.07, 6.45) is 3.42. The van der Waals surface area contributed by atoms with Crippen molar-refractivity contribution in [1.82, 2.24) is 9.97 Å². The van der Waals surface area contributed by atoms with Gasteiger partial charge in [-0.1, -0.05) is 0 Å². The molecule has 5 nitrogen and oxygen atoms in total. The number of aromatic nitrogens is 2. The third kappa shape index (κ3) is 1.69. The SMILES string of the molecule is OCC(O)c1cnc(N2CCC2)nc1. The number of aliphatic hydroxyl groups is 2. The van der Waals surface area contributed by atoms with Gasteiger partial charge in [0.1, 0.15) is 6.10 Å². The minimum Gasteiger partial charge on any atom is -0.393 e. The minimum atomic E-state index is -0.875. The summed E-state index contributed by atoms with van der Waals surface area (Å²) in [7, 11) is 0. The van der Waals surface area contributed by atoms with Crippen LogP contribution < -0.4 is 4.90 Å². The van der Waals surface area contributed by atoms with Crippen molar-refractivity contribution in [1.29, 1.82) is 0 Å². The lowest BCUT2D eigenvalue weighted by Crippen LogP contribution is -2.38. The summed E-state index contributed by atoms with van der Waals surface area (Å²) >= 11 is 0. The molecule has 1 aromatic heterocycles. The van der Waals surface area contributed by atoms with Gasteiger partial charge in [-0.25, -0.2) is 9.97 Å². The summed E-state index contributed by atoms with van der Waals surface area (Å²) in [5, 5.41) is 18.0. The molecule has 1 fully saturated rings. The summed E-state index contributed by atoms with van der Waals surface area (Å²) in [6, 6.07) is 0. The zero-order valence-electron chi connectivity index (χ0n) is 7.80. The van der Waals surface area contributed by atoms with Crippen molar-refractivity contribution < 1.29 is 10.2 Å². The van der Waals surface area contributed by atoms with Crippen molar-refractivity contribution in [3.05, 3.63) is 18.0 Å². The Morgan fingerprint density at radius 1 is 1.36 bits per heavy atom. The van der Waals surface area contributed by atoms with Crippen LogP contribution in [-0.4, -0.2) is 39.9 Å². The molecule has 1 atom stereocenters. The molecule has 0 aliphatic carbocycles. The van der Waals surface area contributed by atoms with E-state index in [1.165, 1.54) is 6.42 Å². The normalized spacial score (nSPS) is 17.7. The molecule has 76 valence electrons. The summed E-state index contributed by atoms with van der Waals surface area (Å²) in [5.41, 5.74) is 0.553. The largest absolute Gasteiger partial charge is 0.393 e. The lowest BCUT2D eigenvalue weighted by Gasteiger charge is -2.30. The van der Waals surface area contributed by atoms with Crippen molar-refractivity contribution >= 4 is 5.95 Å². The van der Waals surface area contributed by atoms with Crippen molar-refractivity contribution in [3.63, 3.8) is 0 Å².